The third-order valence-corrected chi connectivity index (χ3v) is 5.98. The van der Waals surface area contributed by atoms with Gasteiger partial charge in [0, 0.05) is 0 Å². The van der Waals surface area contributed by atoms with Gasteiger partial charge in [0.05, 0.1) is 11.8 Å². The molecule has 1 aliphatic heterocycles. The minimum atomic E-state index is -0.744. The highest BCUT2D eigenvalue weighted by atomic mass is 32.1. The summed E-state index contributed by atoms with van der Waals surface area (Å²) >= 11 is 5.23. The van der Waals surface area contributed by atoms with E-state index in [2.05, 4.69) is 10.7 Å². The number of nitrogens with one attached hydrogen (secondary N) is 3. The van der Waals surface area contributed by atoms with Crippen LogP contribution in [-0.4, -0.2) is 39.1 Å². The molecule has 1 aromatic carbocycles. The third-order valence-electron chi connectivity index (χ3n) is 5.68. The van der Waals surface area contributed by atoms with E-state index >= 15 is 0 Å². The fourth-order valence-corrected chi connectivity index (χ4v) is 4.24. The molecule has 4 N–H and O–H groups in total. The van der Waals surface area contributed by atoms with E-state index in [1.54, 1.807) is 5.48 Å². The second-order valence-electron chi connectivity index (χ2n) is 9.02. The molecule has 9 heteroatoms. The number of benzene rings is 1. The maximum Gasteiger partial charge on any atom is 0.270 e. The quantitative estimate of drug-likeness (QED) is 0.229. The van der Waals surface area contributed by atoms with Crippen LogP contribution in [0.3, 0.4) is 0 Å². The summed E-state index contributed by atoms with van der Waals surface area (Å²) in [5.41, 5.74) is 5.47. The molecule has 0 aliphatic carbocycles. The molecule has 0 spiro atoms. The topological polar surface area (TPSA) is 111 Å². The zero-order chi connectivity index (χ0) is 23.8. The summed E-state index contributed by atoms with van der Waals surface area (Å²) in [4.78, 5) is 38.4. The number of carbonyl (C=O) groups is 3. The van der Waals surface area contributed by atoms with Gasteiger partial charge in [-0.1, -0.05) is 58.0 Å². The van der Waals surface area contributed by atoms with Crippen molar-refractivity contribution in [3.05, 3.63) is 35.9 Å². The molecule has 1 aromatic rings. The Morgan fingerprint density at radius 1 is 1.12 bits per heavy atom. The molecule has 176 valence electrons. The van der Waals surface area contributed by atoms with Crippen molar-refractivity contribution >= 4 is 35.1 Å². The van der Waals surface area contributed by atoms with E-state index in [1.807, 2.05) is 58.0 Å². The monoisotopic (exact) mass is 462 g/mol. The first kappa shape index (κ1) is 25.7. The Bertz CT molecular complexity index is 815. The van der Waals surface area contributed by atoms with Gasteiger partial charge in [0.25, 0.3) is 5.91 Å². The number of hydrogen-bond donors (Lipinski definition) is 4. The molecule has 1 aliphatic rings. The van der Waals surface area contributed by atoms with Crippen LogP contribution in [0.2, 0.25) is 0 Å². The standard InChI is InChI=1S/C23H34N4O4S/c1-14(2)13-18(20(28)25-27-22(30)19(15(3)4)24-23(27)32)17(21(29)26-31)12-8-11-16-9-6-5-7-10-16/h5-7,9-10,14-15,17-19,31H,8,11-13H2,1-4H3,(H,24,32)(H,25,28)(H,26,29)/t17-,18+,19?/m0/s1. The molecule has 0 saturated carbocycles. The number of hydroxylamine groups is 1. The molecule has 1 fully saturated rings. The van der Waals surface area contributed by atoms with Crippen LogP contribution in [0.5, 0.6) is 0 Å². The fourth-order valence-electron chi connectivity index (χ4n) is 3.98. The molecular weight excluding hydrogens is 428 g/mol. The molecule has 2 rings (SSSR count). The van der Waals surface area contributed by atoms with E-state index in [-0.39, 0.29) is 22.9 Å². The van der Waals surface area contributed by atoms with Crippen molar-refractivity contribution in [2.75, 3.05) is 0 Å². The van der Waals surface area contributed by atoms with Gasteiger partial charge in [-0.15, -0.1) is 0 Å². The van der Waals surface area contributed by atoms with Gasteiger partial charge in [0.1, 0.15) is 6.04 Å². The maximum absolute atomic E-state index is 13.2. The summed E-state index contributed by atoms with van der Waals surface area (Å²) in [6, 6.07) is 9.37. The summed E-state index contributed by atoms with van der Waals surface area (Å²) in [7, 11) is 0. The van der Waals surface area contributed by atoms with Crippen LogP contribution in [0.25, 0.3) is 0 Å². The lowest BCUT2D eigenvalue weighted by molar-refractivity contribution is -0.144. The van der Waals surface area contributed by atoms with Crippen LogP contribution in [0.4, 0.5) is 0 Å². The summed E-state index contributed by atoms with van der Waals surface area (Å²) < 4.78 is 0. The average Bonchev–Trinajstić information content (AvgIpc) is 3.04. The summed E-state index contributed by atoms with van der Waals surface area (Å²) in [5.74, 6) is -2.75. The Labute approximate surface area is 195 Å². The number of thiocarbonyl (C=S) groups is 1. The van der Waals surface area contributed by atoms with Crippen molar-refractivity contribution in [1.29, 1.82) is 0 Å². The van der Waals surface area contributed by atoms with Crippen LogP contribution in [-0.2, 0) is 20.8 Å². The van der Waals surface area contributed by atoms with Crippen molar-refractivity contribution in [2.45, 2.75) is 59.4 Å². The predicted molar refractivity (Wildman–Crippen MR) is 125 cm³/mol. The zero-order valence-corrected chi connectivity index (χ0v) is 19.9. The highest BCUT2D eigenvalue weighted by molar-refractivity contribution is 7.80. The van der Waals surface area contributed by atoms with E-state index in [0.717, 1.165) is 17.0 Å². The third kappa shape index (κ3) is 6.74. The molecule has 1 heterocycles. The fraction of sp³-hybridized carbons (Fsp3) is 0.565. The number of rotatable bonds is 11. The number of nitrogens with zero attached hydrogens (tertiary/aromatic N) is 1. The smallest absolute Gasteiger partial charge is 0.270 e. The lowest BCUT2D eigenvalue weighted by Gasteiger charge is -2.28. The van der Waals surface area contributed by atoms with Gasteiger partial charge in [0.2, 0.25) is 11.8 Å². The normalized spacial score (nSPS) is 18.0. The summed E-state index contributed by atoms with van der Waals surface area (Å²) in [6.07, 6.45) is 2.26. The van der Waals surface area contributed by atoms with E-state index in [1.165, 1.54) is 0 Å². The van der Waals surface area contributed by atoms with Crippen LogP contribution in [0.15, 0.2) is 30.3 Å². The number of hydrazine groups is 1. The summed E-state index contributed by atoms with van der Waals surface area (Å²) in [6.45, 7) is 7.69. The first-order valence-electron chi connectivity index (χ1n) is 11.1. The predicted octanol–water partition coefficient (Wildman–Crippen LogP) is 2.57. The second kappa shape index (κ2) is 11.9. The highest BCUT2D eigenvalue weighted by Crippen LogP contribution is 2.27. The zero-order valence-electron chi connectivity index (χ0n) is 19.1. The van der Waals surface area contributed by atoms with Crippen molar-refractivity contribution in [3.63, 3.8) is 0 Å². The molecule has 3 amide bonds. The van der Waals surface area contributed by atoms with Crippen LogP contribution >= 0.6 is 12.2 Å². The molecule has 3 atom stereocenters. The Kier molecular flexibility index (Phi) is 9.59. The number of aryl methyl sites for hydroxylation is 1. The Hall–Kier alpha value is -2.52. The first-order valence-corrected chi connectivity index (χ1v) is 11.5. The van der Waals surface area contributed by atoms with Gasteiger partial charge in [-0.25, -0.2) is 5.48 Å². The molecule has 1 saturated heterocycles. The number of amides is 3. The Balaban J connectivity index is 2.15. The van der Waals surface area contributed by atoms with Gasteiger partial charge in [-0.3, -0.25) is 25.0 Å². The molecule has 0 aromatic heterocycles. The molecule has 0 radical (unpaired) electrons. The molecule has 1 unspecified atom stereocenters. The summed E-state index contributed by atoms with van der Waals surface area (Å²) in [5, 5.41) is 13.5. The lowest BCUT2D eigenvalue weighted by Crippen LogP contribution is -2.51. The van der Waals surface area contributed by atoms with Crippen LogP contribution in [0, 0.1) is 23.7 Å². The largest absolute Gasteiger partial charge is 0.349 e. The van der Waals surface area contributed by atoms with E-state index in [9.17, 15) is 19.6 Å². The van der Waals surface area contributed by atoms with Gasteiger partial charge >= 0.3 is 0 Å². The lowest BCUT2D eigenvalue weighted by atomic mass is 9.81. The minimum Gasteiger partial charge on any atom is -0.349 e. The van der Waals surface area contributed by atoms with E-state index in [4.69, 9.17) is 12.2 Å². The number of hydrogen-bond acceptors (Lipinski definition) is 5. The first-order chi connectivity index (χ1) is 15.1. The Morgan fingerprint density at radius 2 is 1.78 bits per heavy atom. The maximum atomic E-state index is 13.2. The van der Waals surface area contributed by atoms with Gasteiger partial charge < -0.3 is 5.32 Å². The Morgan fingerprint density at radius 3 is 2.31 bits per heavy atom. The van der Waals surface area contributed by atoms with Crippen LogP contribution < -0.4 is 16.2 Å². The molecular formula is C23H34N4O4S. The highest BCUT2D eigenvalue weighted by Gasteiger charge is 2.41. The average molecular weight is 463 g/mol. The number of carbonyl (C=O) groups excluding carboxylic acids is 3. The molecule has 0 bridgehead atoms. The minimum absolute atomic E-state index is 0.000264. The van der Waals surface area contributed by atoms with Crippen molar-refractivity contribution in [1.82, 2.24) is 21.2 Å². The van der Waals surface area contributed by atoms with Crippen molar-refractivity contribution in [3.8, 4) is 0 Å². The SMILES string of the molecule is CC(C)C[C@@H](C(=O)NN1C(=O)C(C(C)C)NC1=S)[C@H](CCCc1ccccc1)C(=O)NO. The molecule has 32 heavy (non-hydrogen) atoms. The van der Waals surface area contributed by atoms with Gasteiger partial charge in [0.15, 0.2) is 5.11 Å². The van der Waals surface area contributed by atoms with Crippen LogP contribution in [0.1, 0.15) is 52.5 Å². The van der Waals surface area contributed by atoms with E-state index < -0.39 is 29.7 Å². The van der Waals surface area contributed by atoms with Gasteiger partial charge in [-0.05, 0) is 55.3 Å². The second-order valence-corrected chi connectivity index (χ2v) is 9.40. The van der Waals surface area contributed by atoms with Gasteiger partial charge in [-0.2, -0.15) is 5.01 Å². The van der Waals surface area contributed by atoms with Crippen molar-refractivity contribution < 1.29 is 19.6 Å². The van der Waals surface area contributed by atoms with E-state index in [0.29, 0.717) is 19.3 Å². The van der Waals surface area contributed by atoms with Crippen molar-refractivity contribution in [2.24, 2.45) is 23.7 Å². The molecule has 8 nitrogen and oxygen atoms in total.